The standard InChI is InChI=1S/C22H26N4O8/c1-34-15-6-4-13(5-7-15)20(31)24-16-8-9-18(28)25-10-2-3-17(26(25)22(16)33)21(32)23-14(12-27)11-19(29)30/h4-7,12,14,16-17H,2-3,8-11H2,1H3,(H,23,32)(H,24,31)(H,29,30). The van der Waals surface area contributed by atoms with Crippen LogP contribution >= 0.6 is 0 Å². The van der Waals surface area contributed by atoms with E-state index >= 15 is 0 Å². The first-order valence-electron chi connectivity index (χ1n) is 10.8. The molecule has 0 saturated carbocycles. The third-order valence-electron chi connectivity index (χ3n) is 5.71. The molecule has 2 aliphatic heterocycles. The molecule has 0 aliphatic carbocycles. The van der Waals surface area contributed by atoms with E-state index < -0.39 is 48.2 Å². The van der Waals surface area contributed by atoms with E-state index in [9.17, 15) is 28.8 Å². The van der Waals surface area contributed by atoms with Gasteiger partial charge in [-0.15, -0.1) is 0 Å². The highest BCUT2D eigenvalue weighted by Crippen LogP contribution is 2.25. The summed E-state index contributed by atoms with van der Waals surface area (Å²) in [6, 6.07) is 2.81. The number of carbonyl (C=O) groups excluding carboxylic acids is 5. The number of nitrogens with zero attached hydrogens (tertiary/aromatic N) is 2. The number of hydrogen-bond acceptors (Lipinski definition) is 7. The first kappa shape index (κ1) is 24.7. The smallest absolute Gasteiger partial charge is 0.305 e. The van der Waals surface area contributed by atoms with Crippen LogP contribution in [0.3, 0.4) is 0 Å². The molecule has 2 heterocycles. The van der Waals surface area contributed by atoms with Crippen LogP contribution in [0.2, 0.25) is 0 Å². The Bertz CT molecular complexity index is 980. The lowest BCUT2D eigenvalue weighted by atomic mass is 10.0. The highest BCUT2D eigenvalue weighted by molar-refractivity contribution is 6.00. The molecule has 0 spiro atoms. The number of hydrazine groups is 1. The molecule has 3 rings (SSSR count). The van der Waals surface area contributed by atoms with E-state index in [0.717, 1.165) is 5.01 Å². The lowest BCUT2D eigenvalue weighted by molar-refractivity contribution is -0.176. The Morgan fingerprint density at radius 3 is 2.53 bits per heavy atom. The zero-order chi connectivity index (χ0) is 24.8. The molecular formula is C22H26N4O8. The van der Waals surface area contributed by atoms with Gasteiger partial charge in [0.25, 0.3) is 11.8 Å². The summed E-state index contributed by atoms with van der Waals surface area (Å²) in [4.78, 5) is 73.8. The van der Waals surface area contributed by atoms with E-state index in [1.807, 2.05) is 0 Å². The molecule has 12 heteroatoms. The van der Waals surface area contributed by atoms with E-state index in [0.29, 0.717) is 18.5 Å². The van der Waals surface area contributed by atoms with E-state index in [2.05, 4.69) is 10.6 Å². The van der Waals surface area contributed by atoms with Gasteiger partial charge in [0.05, 0.1) is 19.6 Å². The minimum Gasteiger partial charge on any atom is -0.497 e. The van der Waals surface area contributed by atoms with E-state index in [4.69, 9.17) is 9.84 Å². The number of carboxylic acid groups (broad SMARTS) is 1. The molecule has 0 aromatic heterocycles. The van der Waals surface area contributed by atoms with Crippen molar-refractivity contribution in [2.24, 2.45) is 0 Å². The number of benzene rings is 1. The van der Waals surface area contributed by atoms with Crippen LogP contribution in [-0.2, 0) is 24.0 Å². The van der Waals surface area contributed by atoms with E-state index in [1.54, 1.807) is 12.1 Å². The number of carboxylic acids is 1. The summed E-state index contributed by atoms with van der Waals surface area (Å²) in [6.07, 6.45) is 0.371. The first-order chi connectivity index (χ1) is 16.2. The predicted molar refractivity (Wildman–Crippen MR) is 115 cm³/mol. The molecule has 1 aromatic rings. The number of aliphatic carboxylic acids is 1. The summed E-state index contributed by atoms with van der Waals surface area (Å²) in [5.74, 6) is -2.99. The second-order valence-electron chi connectivity index (χ2n) is 8.00. The number of aldehydes is 1. The summed E-state index contributed by atoms with van der Waals surface area (Å²) in [5.41, 5.74) is 0.288. The van der Waals surface area contributed by atoms with Gasteiger partial charge in [-0.3, -0.25) is 29.0 Å². The Morgan fingerprint density at radius 1 is 1.21 bits per heavy atom. The average molecular weight is 474 g/mol. The van der Waals surface area contributed by atoms with Gasteiger partial charge in [-0.1, -0.05) is 0 Å². The maximum absolute atomic E-state index is 13.4. The molecule has 0 bridgehead atoms. The lowest BCUT2D eigenvalue weighted by Gasteiger charge is -2.43. The SMILES string of the molecule is COc1ccc(C(=O)NC2CCC(=O)N3CCCC(C(=O)NC(C=O)CC(=O)O)N3C2=O)cc1. The van der Waals surface area contributed by atoms with Crippen LogP contribution in [-0.4, -0.2) is 82.8 Å². The van der Waals surface area contributed by atoms with Crippen LogP contribution in [0.5, 0.6) is 5.75 Å². The van der Waals surface area contributed by atoms with Crippen molar-refractivity contribution in [3.05, 3.63) is 29.8 Å². The van der Waals surface area contributed by atoms with Gasteiger partial charge in [0.2, 0.25) is 11.8 Å². The fourth-order valence-corrected chi connectivity index (χ4v) is 3.99. The van der Waals surface area contributed by atoms with E-state index in [-0.39, 0.29) is 37.3 Å². The number of rotatable bonds is 8. The quantitative estimate of drug-likeness (QED) is 0.424. The molecule has 4 amide bonds. The van der Waals surface area contributed by atoms with Crippen molar-refractivity contribution < 1.29 is 38.6 Å². The van der Waals surface area contributed by atoms with Gasteiger partial charge in [-0.05, 0) is 43.5 Å². The molecule has 2 aliphatic rings. The van der Waals surface area contributed by atoms with Crippen LogP contribution in [0.15, 0.2) is 24.3 Å². The number of nitrogens with one attached hydrogen (secondary N) is 2. The van der Waals surface area contributed by atoms with Crippen molar-refractivity contribution in [3.63, 3.8) is 0 Å². The molecule has 3 N–H and O–H groups in total. The van der Waals surface area contributed by atoms with Gasteiger partial charge in [-0.25, -0.2) is 5.01 Å². The number of hydrogen-bond donors (Lipinski definition) is 3. The Hall–Kier alpha value is -3.96. The van der Waals surface area contributed by atoms with Crippen LogP contribution < -0.4 is 15.4 Å². The molecule has 2 saturated heterocycles. The Kier molecular flexibility index (Phi) is 7.82. The maximum Gasteiger partial charge on any atom is 0.305 e. The molecule has 3 atom stereocenters. The Balaban J connectivity index is 1.79. The van der Waals surface area contributed by atoms with Gasteiger partial charge in [0.1, 0.15) is 24.1 Å². The Morgan fingerprint density at radius 2 is 1.91 bits per heavy atom. The minimum absolute atomic E-state index is 0.0138. The third kappa shape index (κ3) is 5.50. The molecule has 3 unspecified atom stereocenters. The predicted octanol–water partition coefficient (Wildman–Crippen LogP) is -0.520. The third-order valence-corrected chi connectivity index (χ3v) is 5.71. The maximum atomic E-state index is 13.4. The van der Waals surface area contributed by atoms with Gasteiger partial charge < -0.3 is 25.3 Å². The molecule has 2 fully saturated rings. The molecular weight excluding hydrogens is 448 g/mol. The zero-order valence-corrected chi connectivity index (χ0v) is 18.6. The second-order valence-corrected chi connectivity index (χ2v) is 8.00. The summed E-state index contributed by atoms with van der Waals surface area (Å²) in [6.45, 7) is 0.222. The molecule has 182 valence electrons. The largest absolute Gasteiger partial charge is 0.497 e. The van der Waals surface area contributed by atoms with E-state index in [1.165, 1.54) is 24.3 Å². The Labute approximate surface area is 195 Å². The number of carbonyl (C=O) groups is 6. The van der Waals surface area contributed by atoms with Gasteiger partial charge in [0.15, 0.2) is 0 Å². The van der Waals surface area contributed by atoms with Crippen LogP contribution in [0.25, 0.3) is 0 Å². The van der Waals surface area contributed by atoms with Crippen LogP contribution in [0.1, 0.15) is 42.5 Å². The van der Waals surface area contributed by atoms with Gasteiger partial charge in [0, 0.05) is 18.5 Å². The number of methoxy groups -OCH3 is 1. The summed E-state index contributed by atoms with van der Waals surface area (Å²) >= 11 is 0. The highest BCUT2D eigenvalue weighted by atomic mass is 16.5. The highest BCUT2D eigenvalue weighted by Gasteiger charge is 2.44. The number of ether oxygens (including phenoxy) is 1. The fraction of sp³-hybridized carbons (Fsp3) is 0.455. The second kappa shape index (κ2) is 10.8. The fourth-order valence-electron chi connectivity index (χ4n) is 3.99. The summed E-state index contributed by atoms with van der Waals surface area (Å²) in [5, 5.41) is 16.1. The lowest BCUT2D eigenvalue weighted by Crippen LogP contribution is -2.64. The molecule has 12 nitrogen and oxygen atoms in total. The van der Waals surface area contributed by atoms with Crippen molar-refractivity contribution >= 4 is 35.9 Å². The topological polar surface area (TPSA) is 162 Å². The van der Waals surface area contributed by atoms with Crippen molar-refractivity contribution in [3.8, 4) is 5.75 Å². The average Bonchev–Trinajstić information content (AvgIpc) is 2.95. The van der Waals surface area contributed by atoms with Crippen LogP contribution in [0, 0.1) is 0 Å². The first-order valence-corrected chi connectivity index (χ1v) is 10.8. The normalized spacial score (nSPS) is 21.1. The van der Waals surface area contributed by atoms with Gasteiger partial charge >= 0.3 is 5.97 Å². The number of fused-ring (bicyclic) bond motifs is 1. The summed E-state index contributed by atoms with van der Waals surface area (Å²) < 4.78 is 5.07. The molecule has 1 aromatic carbocycles. The molecule has 34 heavy (non-hydrogen) atoms. The van der Waals surface area contributed by atoms with Gasteiger partial charge in [-0.2, -0.15) is 0 Å². The van der Waals surface area contributed by atoms with Crippen molar-refractivity contribution in [2.75, 3.05) is 13.7 Å². The van der Waals surface area contributed by atoms with Crippen molar-refractivity contribution in [1.29, 1.82) is 0 Å². The van der Waals surface area contributed by atoms with Crippen molar-refractivity contribution in [2.45, 2.75) is 50.2 Å². The minimum atomic E-state index is -1.27. The van der Waals surface area contributed by atoms with Crippen molar-refractivity contribution in [1.82, 2.24) is 20.7 Å². The number of amides is 4. The zero-order valence-electron chi connectivity index (χ0n) is 18.6. The molecule has 0 radical (unpaired) electrons. The monoisotopic (exact) mass is 474 g/mol. The summed E-state index contributed by atoms with van der Waals surface area (Å²) in [7, 11) is 1.49. The van der Waals surface area contributed by atoms with Crippen LogP contribution in [0.4, 0.5) is 0 Å².